The molecule has 0 bridgehead atoms. The smallest absolute Gasteiger partial charge is 0.0448 e. The van der Waals surface area contributed by atoms with Crippen LogP contribution in [0.2, 0.25) is 0 Å². The summed E-state index contributed by atoms with van der Waals surface area (Å²) in [5.41, 5.74) is 1.27. The summed E-state index contributed by atoms with van der Waals surface area (Å²) in [5, 5.41) is 6.04. The van der Waals surface area contributed by atoms with Crippen molar-refractivity contribution in [3.63, 3.8) is 0 Å². The summed E-state index contributed by atoms with van der Waals surface area (Å²) in [6.07, 6.45) is 9.29. The molecule has 0 spiro atoms. The summed E-state index contributed by atoms with van der Waals surface area (Å²) in [6, 6.07) is 9.45. The van der Waals surface area contributed by atoms with Crippen molar-refractivity contribution >= 4 is 11.3 Å². The van der Waals surface area contributed by atoms with E-state index in [-0.39, 0.29) is 0 Å². The second-order valence-corrected chi connectivity index (χ2v) is 6.69. The van der Waals surface area contributed by atoms with E-state index in [2.05, 4.69) is 40.8 Å². The summed E-state index contributed by atoms with van der Waals surface area (Å²) in [4.78, 5) is 5.72. The van der Waals surface area contributed by atoms with Gasteiger partial charge in [0.2, 0.25) is 0 Å². The molecular formula is C17H22N2S. The Morgan fingerprint density at radius 1 is 1.25 bits per heavy atom. The molecule has 0 amide bonds. The molecule has 1 unspecified atom stereocenters. The Balaban J connectivity index is 1.76. The van der Waals surface area contributed by atoms with Gasteiger partial charge in [-0.1, -0.05) is 25.0 Å². The average molecular weight is 286 g/mol. The standard InChI is InChI=1S/C17H22N2S/c1-13(15-8-4-10-18-12-15)19-17(14-6-2-3-7-14)16-9-5-11-20-16/h4-5,8-14,17,19H,2-3,6-7H2,1H3/t13-,17?/m0/s1. The first kappa shape index (κ1) is 13.8. The van der Waals surface area contributed by atoms with Crippen molar-refractivity contribution in [1.82, 2.24) is 10.3 Å². The highest BCUT2D eigenvalue weighted by molar-refractivity contribution is 7.10. The van der Waals surface area contributed by atoms with Gasteiger partial charge in [-0.25, -0.2) is 0 Å². The van der Waals surface area contributed by atoms with E-state index in [9.17, 15) is 0 Å². The van der Waals surface area contributed by atoms with E-state index >= 15 is 0 Å². The summed E-state index contributed by atoms with van der Waals surface area (Å²) < 4.78 is 0. The van der Waals surface area contributed by atoms with Crippen LogP contribution in [-0.2, 0) is 0 Å². The van der Waals surface area contributed by atoms with Gasteiger partial charge in [0.05, 0.1) is 0 Å². The van der Waals surface area contributed by atoms with Crippen LogP contribution in [-0.4, -0.2) is 4.98 Å². The SMILES string of the molecule is C[C@H](NC(c1cccs1)C1CCCC1)c1cccnc1. The zero-order chi connectivity index (χ0) is 13.8. The predicted molar refractivity (Wildman–Crippen MR) is 84.8 cm³/mol. The molecule has 1 saturated carbocycles. The number of nitrogens with one attached hydrogen (secondary N) is 1. The van der Waals surface area contributed by atoms with E-state index in [0.29, 0.717) is 12.1 Å². The van der Waals surface area contributed by atoms with E-state index < -0.39 is 0 Å². The number of aromatic nitrogens is 1. The molecule has 1 aliphatic carbocycles. The van der Waals surface area contributed by atoms with Crippen LogP contribution in [0.3, 0.4) is 0 Å². The highest BCUT2D eigenvalue weighted by Gasteiger charge is 2.28. The largest absolute Gasteiger partial charge is 0.302 e. The van der Waals surface area contributed by atoms with Crippen molar-refractivity contribution in [2.75, 3.05) is 0 Å². The lowest BCUT2D eigenvalue weighted by Gasteiger charge is -2.27. The summed E-state index contributed by atoms with van der Waals surface area (Å²) >= 11 is 1.88. The van der Waals surface area contributed by atoms with Gasteiger partial charge in [0.15, 0.2) is 0 Å². The minimum Gasteiger partial charge on any atom is -0.302 e. The van der Waals surface area contributed by atoms with Crippen LogP contribution in [0.1, 0.15) is 55.1 Å². The van der Waals surface area contributed by atoms with Crippen LogP contribution >= 0.6 is 11.3 Å². The van der Waals surface area contributed by atoms with Gasteiger partial charge in [0.1, 0.15) is 0 Å². The van der Waals surface area contributed by atoms with Gasteiger partial charge in [0, 0.05) is 29.4 Å². The summed E-state index contributed by atoms with van der Waals surface area (Å²) in [6.45, 7) is 2.24. The van der Waals surface area contributed by atoms with Crippen LogP contribution in [0.15, 0.2) is 42.0 Å². The average Bonchev–Trinajstić information content (AvgIpc) is 3.19. The molecule has 1 aliphatic rings. The zero-order valence-electron chi connectivity index (χ0n) is 12.0. The van der Waals surface area contributed by atoms with Crippen molar-refractivity contribution in [2.24, 2.45) is 5.92 Å². The minimum atomic E-state index is 0.344. The topological polar surface area (TPSA) is 24.9 Å². The number of thiophene rings is 1. The van der Waals surface area contributed by atoms with Gasteiger partial charge >= 0.3 is 0 Å². The Morgan fingerprint density at radius 3 is 2.75 bits per heavy atom. The van der Waals surface area contributed by atoms with Crippen LogP contribution in [0.4, 0.5) is 0 Å². The fourth-order valence-corrected chi connectivity index (χ4v) is 4.09. The number of rotatable bonds is 5. The third kappa shape index (κ3) is 3.10. The monoisotopic (exact) mass is 286 g/mol. The first-order valence-corrected chi connectivity index (χ1v) is 8.42. The van der Waals surface area contributed by atoms with Crippen molar-refractivity contribution in [2.45, 2.75) is 44.7 Å². The van der Waals surface area contributed by atoms with Crippen molar-refractivity contribution in [3.8, 4) is 0 Å². The Hall–Kier alpha value is -1.19. The molecular weight excluding hydrogens is 264 g/mol. The van der Waals surface area contributed by atoms with E-state index in [1.54, 1.807) is 0 Å². The zero-order valence-corrected chi connectivity index (χ0v) is 12.8. The third-order valence-electron chi connectivity index (χ3n) is 4.33. The van der Waals surface area contributed by atoms with Crippen molar-refractivity contribution < 1.29 is 0 Å². The number of pyridine rings is 1. The van der Waals surface area contributed by atoms with Gasteiger partial charge < -0.3 is 5.32 Å². The summed E-state index contributed by atoms with van der Waals surface area (Å²) in [7, 11) is 0. The molecule has 0 saturated heterocycles. The number of nitrogens with zero attached hydrogens (tertiary/aromatic N) is 1. The third-order valence-corrected chi connectivity index (χ3v) is 5.29. The van der Waals surface area contributed by atoms with E-state index in [1.807, 2.05) is 29.8 Å². The number of hydrogen-bond acceptors (Lipinski definition) is 3. The van der Waals surface area contributed by atoms with Gasteiger partial charge in [-0.2, -0.15) is 0 Å². The maximum Gasteiger partial charge on any atom is 0.0448 e. The molecule has 2 atom stereocenters. The molecule has 0 aliphatic heterocycles. The second-order valence-electron chi connectivity index (χ2n) is 5.71. The first-order chi connectivity index (χ1) is 9.84. The van der Waals surface area contributed by atoms with Crippen LogP contribution < -0.4 is 5.32 Å². The van der Waals surface area contributed by atoms with E-state index in [1.165, 1.54) is 36.1 Å². The van der Waals surface area contributed by atoms with Crippen LogP contribution in [0.25, 0.3) is 0 Å². The molecule has 2 aromatic rings. The first-order valence-electron chi connectivity index (χ1n) is 7.54. The molecule has 3 rings (SSSR count). The maximum atomic E-state index is 4.24. The highest BCUT2D eigenvalue weighted by Crippen LogP contribution is 2.38. The molecule has 20 heavy (non-hydrogen) atoms. The molecule has 106 valence electrons. The fourth-order valence-electron chi connectivity index (χ4n) is 3.21. The second kappa shape index (κ2) is 6.51. The highest BCUT2D eigenvalue weighted by atomic mass is 32.1. The normalized spacial score (nSPS) is 19.1. The quantitative estimate of drug-likeness (QED) is 0.860. The fraction of sp³-hybridized carbons (Fsp3) is 0.471. The number of hydrogen-bond donors (Lipinski definition) is 1. The Labute approximate surface area is 125 Å². The maximum absolute atomic E-state index is 4.24. The minimum absolute atomic E-state index is 0.344. The lowest BCUT2D eigenvalue weighted by molar-refractivity contribution is 0.343. The van der Waals surface area contributed by atoms with Gasteiger partial charge in [0.25, 0.3) is 0 Å². The van der Waals surface area contributed by atoms with Crippen LogP contribution in [0, 0.1) is 5.92 Å². The van der Waals surface area contributed by atoms with Gasteiger partial charge in [-0.05, 0) is 48.8 Å². The molecule has 2 heterocycles. The van der Waals surface area contributed by atoms with Crippen molar-refractivity contribution in [3.05, 3.63) is 52.5 Å². The van der Waals surface area contributed by atoms with E-state index in [4.69, 9.17) is 0 Å². The molecule has 0 aromatic carbocycles. The predicted octanol–water partition coefficient (Wildman–Crippen LogP) is 4.73. The Kier molecular flexibility index (Phi) is 4.48. The summed E-state index contributed by atoms with van der Waals surface area (Å²) in [5.74, 6) is 0.785. The molecule has 1 fully saturated rings. The molecule has 2 aromatic heterocycles. The lowest BCUT2D eigenvalue weighted by Crippen LogP contribution is -2.29. The van der Waals surface area contributed by atoms with Gasteiger partial charge in [-0.15, -0.1) is 11.3 Å². The molecule has 3 heteroatoms. The van der Waals surface area contributed by atoms with Crippen LogP contribution in [0.5, 0.6) is 0 Å². The molecule has 2 nitrogen and oxygen atoms in total. The Morgan fingerprint density at radius 2 is 2.10 bits per heavy atom. The van der Waals surface area contributed by atoms with Gasteiger partial charge in [-0.3, -0.25) is 4.98 Å². The van der Waals surface area contributed by atoms with Crippen molar-refractivity contribution in [1.29, 1.82) is 0 Å². The van der Waals surface area contributed by atoms with E-state index in [0.717, 1.165) is 5.92 Å². The Bertz CT molecular complexity index is 503. The molecule has 1 N–H and O–H groups in total. The lowest BCUT2D eigenvalue weighted by atomic mass is 9.95. The molecule has 0 radical (unpaired) electrons.